The maximum absolute atomic E-state index is 4.70. The Morgan fingerprint density at radius 3 is 2.76 bits per heavy atom. The molecule has 0 aliphatic carbocycles. The molecule has 25 heavy (non-hydrogen) atoms. The zero-order valence-corrected chi connectivity index (χ0v) is 17.9. The average Bonchev–Trinajstić information content (AvgIpc) is 3.12. The molecule has 144 valence electrons. The molecule has 1 heterocycles. The Labute approximate surface area is 162 Å². The summed E-state index contributed by atoms with van der Waals surface area (Å²) in [5, 5.41) is 8.91. The van der Waals surface area contributed by atoms with Crippen molar-refractivity contribution in [3.05, 3.63) is 11.6 Å². The van der Waals surface area contributed by atoms with Gasteiger partial charge in [-0.2, -0.15) is 0 Å². The smallest absolute Gasteiger partial charge is 0.191 e. The third-order valence-corrected chi connectivity index (χ3v) is 5.99. The molecule has 1 atom stereocenters. The van der Waals surface area contributed by atoms with Crippen molar-refractivity contribution in [2.45, 2.75) is 57.3 Å². The number of guanidine groups is 1. The van der Waals surface area contributed by atoms with E-state index in [1.165, 1.54) is 19.4 Å². The van der Waals surface area contributed by atoms with Crippen LogP contribution < -0.4 is 10.6 Å². The first-order valence-corrected chi connectivity index (χ1v) is 11.4. The molecule has 0 aromatic carbocycles. The fraction of sp³-hybridized carbons (Fsp3) is 0.778. The number of hydrogen-bond acceptors (Lipinski definition) is 5. The average molecular weight is 386 g/mol. The van der Waals surface area contributed by atoms with E-state index in [9.17, 15) is 0 Å². The van der Waals surface area contributed by atoms with Crippen LogP contribution in [0.5, 0.6) is 0 Å². The summed E-state index contributed by atoms with van der Waals surface area (Å²) in [4.78, 5) is 11.5. The monoisotopic (exact) mass is 385 g/mol. The van der Waals surface area contributed by atoms with E-state index in [0.717, 1.165) is 48.7 Å². The molecular weight excluding hydrogens is 350 g/mol. The van der Waals surface area contributed by atoms with Crippen LogP contribution in [0.4, 0.5) is 0 Å². The normalized spacial score (nSPS) is 13.2. The summed E-state index contributed by atoms with van der Waals surface area (Å²) in [6.45, 7) is 14.0. The van der Waals surface area contributed by atoms with Gasteiger partial charge in [0, 0.05) is 36.5 Å². The number of thiazole rings is 1. The predicted molar refractivity (Wildman–Crippen MR) is 113 cm³/mol. The van der Waals surface area contributed by atoms with Gasteiger partial charge >= 0.3 is 0 Å². The lowest BCUT2D eigenvalue weighted by atomic mass is 10.2. The van der Waals surface area contributed by atoms with Gasteiger partial charge in [-0.15, -0.1) is 11.3 Å². The van der Waals surface area contributed by atoms with Crippen LogP contribution in [0.2, 0.25) is 0 Å². The summed E-state index contributed by atoms with van der Waals surface area (Å²) in [6, 6.07) is 0.443. The number of nitrogens with one attached hydrogen (secondary N) is 2. The minimum Gasteiger partial charge on any atom is -0.357 e. The molecule has 1 aromatic heterocycles. The molecule has 0 bridgehead atoms. The molecule has 0 radical (unpaired) electrons. The molecule has 5 nitrogen and oxygen atoms in total. The maximum atomic E-state index is 4.70. The molecule has 0 spiro atoms. The molecule has 0 amide bonds. The van der Waals surface area contributed by atoms with Crippen molar-refractivity contribution in [1.29, 1.82) is 0 Å². The molecular formula is C18H35N5S2. The highest BCUT2D eigenvalue weighted by Crippen LogP contribution is 2.20. The third kappa shape index (κ3) is 10.7. The van der Waals surface area contributed by atoms with Gasteiger partial charge in [0.25, 0.3) is 0 Å². The van der Waals surface area contributed by atoms with Gasteiger partial charge in [-0.05, 0) is 52.7 Å². The number of thioether (sulfide) groups is 1. The Kier molecular flexibility index (Phi) is 12.8. The second-order valence-corrected chi connectivity index (χ2v) is 8.21. The van der Waals surface area contributed by atoms with E-state index in [4.69, 9.17) is 4.99 Å². The molecule has 0 aliphatic heterocycles. The lowest BCUT2D eigenvalue weighted by Gasteiger charge is -2.21. The first-order valence-electron chi connectivity index (χ1n) is 9.49. The van der Waals surface area contributed by atoms with E-state index in [2.05, 4.69) is 48.2 Å². The summed E-state index contributed by atoms with van der Waals surface area (Å²) in [5.74, 6) is 2.01. The van der Waals surface area contributed by atoms with Crippen LogP contribution in [0.3, 0.4) is 0 Å². The SMILES string of the molecule is CCNC(=NCCCSc1nccs1)NC(C)CCCN(CC)CC. The first-order chi connectivity index (χ1) is 12.2. The Balaban J connectivity index is 2.24. The van der Waals surface area contributed by atoms with Gasteiger partial charge < -0.3 is 15.5 Å². The van der Waals surface area contributed by atoms with Crippen LogP contribution in [-0.4, -0.2) is 60.4 Å². The number of nitrogens with zero attached hydrogens (tertiary/aromatic N) is 3. The Bertz CT molecular complexity index is 446. The van der Waals surface area contributed by atoms with Crippen LogP contribution in [0.25, 0.3) is 0 Å². The molecule has 1 rings (SSSR count). The predicted octanol–water partition coefficient (Wildman–Crippen LogP) is 3.69. The standard InChI is InChI=1S/C18H35N5S2/c1-5-19-17(20-11-9-14-24-18-21-12-15-25-18)22-16(4)10-8-13-23(6-2)7-3/h12,15-16H,5-11,13-14H2,1-4H3,(H2,19,20,22). The zero-order chi connectivity index (χ0) is 18.3. The molecule has 7 heteroatoms. The minimum absolute atomic E-state index is 0.443. The van der Waals surface area contributed by atoms with Crippen LogP contribution in [0.15, 0.2) is 20.9 Å². The fourth-order valence-electron chi connectivity index (χ4n) is 2.48. The highest BCUT2D eigenvalue weighted by atomic mass is 32.2. The van der Waals surface area contributed by atoms with Crippen molar-refractivity contribution in [3.8, 4) is 0 Å². The summed E-state index contributed by atoms with van der Waals surface area (Å²) in [6.07, 6.45) is 5.32. The quantitative estimate of drug-likeness (QED) is 0.235. The van der Waals surface area contributed by atoms with E-state index in [0.29, 0.717) is 6.04 Å². The summed E-state index contributed by atoms with van der Waals surface area (Å²) in [7, 11) is 0. The van der Waals surface area contributed by atoms with Crippen LogP contribution in [0, 0.1) is 0 Å². The Hall–Kier alpha value is -0.790. The van der Waals surface area contributed by atoms with Crippen LogP contribution in [-0.2, 0) is 0 Å². The largest absolute Gasteiger partial charge is 0.357 e. The van der Waals surface area contributed by atoms with Crippen molar-refractivity contribution in [3.63, 3.8) is 0 Å². The van der Waals surface area contributed by atoms with Gasteiger partial charge in [0.15, 0.2) is 5.96 Å². The molecule has 2 N–H and O–H groups in total. The van der Waals surface area contributed by atoms with Crippen molar-refractivity contribution < 1.29 is 0 Å². The van der Waals surface area contributed by atoms with Crippen molar-refractivity contribution in [1.82, 2.24) is 20.5 Å². The summed E-state index contributed by atoms with van der Waals surface area (Å²) < 4.78 is 1.15. The lowest BCUT2D eigenvalue weighted by Crippen LogP contribution is -2.42. The highest BCUT2D eigenvalue weighted by Gasteiger charge is 2.06. The van der Waals surface area contributed by atoms with Gasteiger partial charge in [-0.1, -0.05) is 25.6 Å². The lowest BCUT2D eigenvalue weighted by molar-refractivity contribution is 0.292. The second kappa shape index (κ2) is 14.4. The number of aromatic nitrogens is 1. The second-order valence-electron chi connectivity index (χ2n) is 5.98. The van der Waals surface area contributed by atoms with Gasteiger partial charge in [-0.3, -0.25) is 4.99 Å². The minimum atomic E-state index is 0.443. The van der Waals surface area contributed by atoms with Crippen LogP contribution in [0.1, 0.15) is 47.0 Å². The summed E-state index contributed by atoms with van der Waals surface area (Å²) >= 11 is 3.52. The van der Waals surface area contributed by atoms with E-state index in [1.54, 1.807) is 11.3 Å². The topological polar surface area (TPSA) is 52.6 Å². The van der Waals surface area contributed by atoms with Crippen molar-refractivity contribution in [2.75, 3.05) is 38.5 Å². The number of aliphatic imine (C=N–C) groups is 1. The van der Waals surface area contributed by atoms with Crippen molar-refractivity contribution in [2.24, 2.45) is 4.99 Å². The van der Waals surface area contributed by atoms with E-state index in [-0.39, 0.29) is 0 Å². The first kappa shape index (κ1) is 22.3. The molecule has 1 aromatic rings. The molecule has 0 aliphatic rings. The Morgan fingerprint density at radius 2 is 2.12 bits per heavy atom. The van der Waals surface area contributed by atoms with E-state index in [1.807, 2.05) is 23.3 Å². The highest BCUT2D eigenvalue weighted by molar-refractivity contribution is 8.00. The van der Waals surface area contributed by atoms with E-state index >= 15 is 0 Å². The Morgan fingerprint density at radius 1 is 1.32 bits per heavy atom. The van der Waals surface area contributed by atoms with Crippen LogP contribution >= 0.6 is 23.1 Å². The van der Waals surface area contributed by atoms with Gasteiger partial charge in [0.2, 0.25) is 0 Å². The van der Waals surface area contributed by atoms with Gasteiger partial charge in [-0.25, -0.2) is 4.98 Å². The molecule has 0 fully saturated rings. The van der Waals surface area contributed by atoms with E-state index < -0.39 is 0 Å². The number of rotatable bonds is 13. The number of hydrogen-bond donors (Lipinski definition) is 2. The van der Waals surface area contributed by atoms with Gasteiger partial charge in [0.1, 0.15) is 4.34 Å². The zero-order valence-electron chi connectivity index (χ0n) is 16.3. The fourth-order valence-corrected chi connectivity index (χ4v) is 4.12. The third-order valence-electron chi connectivity index (χ3n) is 3.94. The van der Waals surface area contributed by atoms with Crippen molar-refractivity contribution >= 4 is 29.1 Å². The molecule has 0 saturated carbocycles. The summed E-state index contributed by atoms with van der Waals surface area (Å²) in [5.41, 5.74) is 0. The molecule has 0 saturated heterocycles. The maximum Gasteiger partial charge on any atom is 0.191 e. The van der Waals surface area contributed by atoms with Gasteiger partial charge in [0.05, 0.1) is 0 Å². The molecule has 1 unspecified atom stereocenters.